The summed E-state index contributed by atoms with van der Waals surface area (Å²) in [6, 6.07) is 33.3. The maximum atomic E-state index is 13.5. The Balaban J connectivity index is 1.30. The fourth-order valence-corrected chi connectivity index (χ4v) is 7.30. The lowest BCUT2D eigenvalue weighted by Crippen LogP contribution is -2.38. The lowest BCUT2D eigenvalue weighted by Gasteiger charge is -2.49. The molecule has 0 saturated heterocycles. The fraction of sp³-hybridized carbons (Fsp3) is 0.158. The van der Waals surface area contributed by atoms with Crippen LogP contribution in [0.15, 0.2) is 103 Å². The van der Waals surface area contributed by atoms with E-state index in [0.717, 1.165) is 22.0 Å². The van der Waals surface area contributed by atoms with Gasteiger partial charge in [-0.1, -0.05) is 94.4 Å². The normalized spacial score (nSPS) is 17.2. The molecule has 3 heteroatoms. The number of carbonyl (C=O) groups is 2. The van der Waals surface area contributed by atoms with Gasteiger partial charge in [0.05, 0.1) is 22.6 Å². The summed E-state index contributed by atoms with van der Waals surface area (Å²) in [7, 11) is 0. The van der Waals surface area contributed by atoms with E-state index in [1.54, 1.807) is 6.08 Å². The van der Waals surface area contributed by atoms with Crippen molar-refractivity contribution >= 4 is 45.5 Å². The highest BCUT2D eigenvalue weighted by atomic mass is 16.2. The van der Waals surface area contributed by atoms with Crippen molar-refractivity contribution in [1.82, 2.24) is 0 Å². The van der Waals surface area contributed by atoms with Gasteiger partial charge in [-0.05, 0) is 75.0 Å². The number of rotatable bonds is 1. The summed E-state index contributed by atoms with van der Waals surface area (Å²) in [4.78, 5) is 29.4. The largest absolute Gasteiger partial charge is 0.309 e. The van der Waals surface area contributed by atoms with Crippen molar-refractivity contribution in [2.75, 3.05) is 4.90 Å². The van der Waals surface area contributed by atoms with E-state index < -0.39 is 0 Å². The molecule has 0 amide bonds. The molecule has 8 rings (SSSR count). The van der Waals surface area contributed by atoms with Crippen molar-refractivity contribution in [2.45, 2.75) is 38.5 Å². The van der Waals surface area contributed by atoms with Crippen molar-refractivity contribution in [2.24, 2.45) is 0 Å². The first kappa shape index (κ1) is 24.1. The maximum absolute atomic E-state index is 13.5. The summed E-state index contributed by atoms with van der Waals surface area (Å²) in [5, 5.41) is 1.93. The van der Waals surface area contributed by atoms with E-state index in [1.165, 1.54) is 33.6 Å². The summed E-state index contributed by atoms with van der Waals surface area (Å²) >= 11 is 0. The molecule has 0 N–H and O–H groups in total. The zero-order valence-corrected chi connectivity index (χ0v) is 23.6. The molecule has 1 aliphatic carbocycles. The van der Waals surface area contributed by atoms with Gasteiger partial charge in [0.25, 0.3) is 0 Å². The van der Waals surface area contributed by atoms with Crippen LogP contribution in [0, 0.1) is 0 Å². The van der Waals surface area contributed by atoms with Crippen molar-refractivity contribution in [3.63, 3.8) is 0 Å². The first-order valence-corrected chi connectivity index (χ1v) is 14.2. The first-order valence-electron chi connectivity index (χ1n) is 14.2. The van der Waals surface area contributed by atoms with Gasteiger partial charge in [-0.2, -0.15) is 0 Å². The molecule has 0 saturated carbocycles. The molecule has 5 aromatic rings. The van der Waals surface area contributed by atoms with Crippen LogP contribution >= 0.6 is 0 Å². The van der Waals surface area contributed by atoms with Gasteiger partial charge < -0.3 is 4.90 Å². The molecule has 3 aliphatic rings. The summed E-state index contributed by atoms with van der Waals surface area (Å²) in [5.41, 5.74) is 10.4. The van der Waals surface area contributed by atoms with E-state index >= 15 is 0 Å². The van der Waals surface area contributed by atoms with E-state index in [4.69, 9.17) is 0 Å². The topological polar surface area (TPSA) is 37.4 Å². The Morgan fingerprint density at radius 2 is 1.10 bits per heavy atom. The number of Topliss-reactive ketones (excluding diaryl/α,β-unsaturated/α-hetero) is 2. The van der Waals surface area contributed by atoms with E-state index in [-0.39, 0.29) is 28.0 Å². The number of ketones is 2. The van der Waals surface area contributed by atoms with Gasteiger partial charge in [-0.25, -0.2) is 0 Å². The zero-order chi connectivity index (χ0) is 28.3. The standard InChI is InChI=1S/C38H29NO2/c1-37(2)28-12-7-8-15-32(28)39-33-17-16-22(19-31(33)38(3,4)30-14-9-13-29(37)34(30)39)18-27-35(40)25-20-23-10-5-6-11-24(23)21-26(25)36(27)41/h5-21H,1-4H3. The van der Waals surface area contributed by atoms with E-state index in [0.29, 0.717) is 11.1 Å². The lowest BCUT2D eigenvalue weighted by atomic mass is 9.66. The molecular weight excluding hydrogens is 502 g/mol. The number of hydrogen-bond acceptors (Lipinski definition) is 3. The molecule has 41 heavy (non-hydrogen) atoms. The summed E-state index contributed by atoms with van der Waals surface area (Å²) in [6.07, 6.45) is 1.78. The Kier molecular flexibility index (Phi) is 4.65. The van der Waals surface area contributed by atoms with Crippen LogP contribution in [0.2, 0.25) is 0 Å². The minimum Gasteiger partial charge on any atom is -0.309 e. The van der Waals surface area contributed by atoms with Crippen LogP contribution in [0.3, 0.4) is 0 Å². The molecule has 0 spiro atoms. The van der Waals surface area contributed by atoms with Gasteiger partial charge in [-0.3, -0.25) is 9.59 Å². The number of nitrogens with zero attached hydrogens (tertiary/aromatic N) is 1. The van der Waals surface area contributed by atoms with E-state index in [2.05, 4.69) is 87.2 Å². The molecule has 0 bridgehead atoms. The number of hydrogen-bond donors (Lipinski definition) is 0. The zero-order valence-electron chi connectivity index (χ0n) is 23.6. The van der Waals surface area contributed by atoms with Gasteiger partial charge >= 0.3 is 0 Å². The number of fused-ring (bicyclic) bond motifs is 6. The third kappa shape index (κ3) is 3.09. The Morgan fingerprint density at radius 3 is 1.76 bits per heavy atom. The lowest BCUT2D eigenvalue weighted by molar-refractivity contribution is 0.0990. The van der Waals surface area contributed by atoms with Gasteiger partial charge in [0.2, 0.25) is 0 Å². The predicted molar refractivity (Wildman–Crippen MR) is 166 cm³/mol. The van der Waals surface area contributed by atoms with Crippen molar-refractivity contribution in [1.29, 1.82) is 0 Å². The fourth-order valence-electron chi connectivity index (χ4n) is 7.30. The molecule has 5 aromatic carbocycles. The summed E-state index contributed by atoms with van der Waals surface area (Å²) in [6.45, 7) is 9.17. The van der Waals surface area contributed by atoms with Crippen LogP contribution in [0.4, 0.5) is 17.1 Å². The number of para-hydroxylation sites is 2. The quantitative estimate of drug-likeness (QED) is 0.160. The third-order valence-corrected chi connectivity index (χ3v) is 9.53. The second kappa shape index (κ2) is 7.92. The molecule has 0 radical (unpaired) electrons. The molecule has 3 nitrogen and oxygen atoms in total. The van der Waals surface area contributed by atoms with Crippen LogP contribution < -0.4 is 4.90 Å². The number of carbonyl (C=O) groups excluding carboxylic acids is 2. The highest BCUT2D eigenvalue weighted by Crippen LogP contribution is 2.59. The van der Waals surface area contributed by atoms with Crippen LogP contribution in [-0.2, 0) is 10.8 Å². The molecule has 0 fully saturated rings. The molecule has 0 aromatic heterocycles. The smallest absolute Gasteiger partial charge is 0.197 e. The minimum atomic E-state index is -0.279. The number of benzene rings is 5. The van der Waals surface area contributed by atoms with Gasteiger partial charge in [-0.15, -0.1) is 0 Å². The average Bonchev–Trinajstić information content (AvgIpc) is 3.20. The predicted octanol–water partition coefficient (Wildman–Crippen LogP) is 9.05. The van der Waals surface area contributed by atoms with Gasteiger partial charge in [0.15, 0.2) is 11.6 Å². The van der Waals surface area contributed by atoms with Gasteiger partial charge in [0, 0.05) is 22.0 Å². The maximum Gasteiger partial charge on any atom is 0.197 e. The first-order chi connectivity index (χ1) is 19.7. The SMILES string of the molecule is CC1(C)c2ccccc2N2c3ccc(C=C4C(=O)c5cc6ccccc6cc5C4=O)cc3C(C)(C)c3cccc1c32. The van der Waals surface area contributed by atoms with Crippen molar-refractivity contribution in [3.8, 4) is 0 Å². The molecule has 0 atom stereocenters. The van der Waals surface area contributed by atoms with E-state index in [9.17, 15) is 9.59 Å². The van der Waals surface area contributed by atoms with Gasteiger partial charge in [0.1, 0.15) is 0 Å². The van der Waals surface area contributed by atoms with Crippen LogP contribution in [0.5, 0.6) is 0 Å². The van der Waals surface area contributed by atoms with Crippen molar-refractivity contribution in [3.05, 3.63) is 142 Å². The van der Waals surface area contributed by atoms with Crippen LogP contribution in [0.1, 0.15) is 76.2 Å². The molecule has 2 heterocycles. The van der Waals surface area contributed by atoms with E-state index in [1.807, 2.05) is 42.5 Å². The van der Waals surface area contributed by atoms with Crippen LogP contribution in [-0.4, -0.2) is 11.6 Å². The minimum absolute atomic E-state index is 0.126. The highest BCUT2D eigenvalue weighted by molar-refractivity contribution is 6.42. The Hall–Kier alpha value is -4.76. The molecule has 198 valence electrons. The molecule has 0 unspecified atom stereocenters. The Labute approximate surface area is 239 Å². The number of anilines is 3. The summed E-state index contributed by atoms with van der Waals surface area (Å²) < 4.78 is 0. The third-order valence-electron chi connectivity index (χ3n) is 9.53. The Bertz CT molecular complexity index is 1990. The number of allylic oxidation sites excluding steroid dienone is 1. The monoisotopic (exact) mass is 531 g/mol. The molecule has 2 aliphatic heterocycles. The summed E-state index contributed by atoms with van der Waals surface area (Å²) in [5.74, 6) is -0.398. The molecular formula is C38H29NO2. The second-order valence-corrected chi connectivity index (χ2v) is 12.5. The Morgan fingerprint density at radius 1 is 0.561 bits per heavy atom. The highest BCUT2D eigenvalue weighted by Gasteiger charge is 2.45. The van der Waals surface area contributed by atoms with Crippen LogP contribution in [0.25, 0.3) is 16.8 Å². The van der Waals surface area contributed by atoms with Crippen molar-refractivity contribution < 1.29 is 9.59 Å². The second-order valence-electron chi connectivity index (χ2n) is 12.5. The average molecular weight is 532 g/mol.